The van der Waals surface area contributed by atoms with Gasteiger partial charge in [-0.2, -0.15) is 0 Å². The molecular formula is C16H16N4O2. The number of imidazole rings is 1. The van der Waals surface area contributed by atoms with E-state index < -0.39 is 12.0 Å². The molecule has 3 heterocycles. The first-order valence-corrected chi connectivity index (χ1v) is 7.09. The molecule has 112 valence electrons. The van der Waals surface area contributed by atoms with Crippen LogP contribution in [0.4, 0.5) is 0 Å². The third-order valence-electron chi connectivity index (χ3n) is 3.57. The van der Waals surface area contributed by atoms with E-state index in [2.05, 4.69) is 15.0 Å². The third-order valence-corrected chi connectivity index (χ3v) is 3.57. The number of hydrogen-bond acceptors (Lipinski definition) is 4. The Hall–Kier alpha value is -2.76. The zero-order chi connectivity index (χ0) is 15.7. The minimum absolute atomic E-state index is 0.448. The number of nitrogens with zero attached hydrogens (tertiary/aromatic N) is 4. The maximum absolute atomic E-state index is 11.6. The summed E-state index contributed by atoms with van der Waals surface area (Å²) in [5.74, 6) is -0.315. The summed E-state index contributed by atoms with van der Waals surface area (Å²) in [6.45, 7) is 3.77. The summed E-state index contributed by atoms with van der Waals surface area (Å²) < 4.78 is 1.69. The van der Waals surface area contributed by atoms with Crippen molar-refractivity contribution >= 4 is 17.1 Å². The van der Waals surface area contributed by atoms with Crippen LogP contribution in [0.2, 0.25) is 0 Å². The van der Waals surface area contributed by atoms with E-state index in [4.69, 9.17) is 0 Å². The van der Waals surface area contributed by atoms with Gasteiger partial charge >= 0.3 is 5.97 Å². The Morgan fingerprint density at radius 3 is 2.86 bits per heavy atom. The van der Waals surface area contributed by atoms with Crippen LogP contribution in [0, 0.1) is 6.92 Å². The lowest BCUT2D eigenvalue weighted by atomic mass is 10.2. The Balaban J connectivity index is 2.33. The van der Waals surface area contributed by atoms with Crippen molar-refractivity contribution in [1.29, 1.82) is 0 Å². The van der Waals surface area contributed by atoms with Gasteiger partial charge in [-0.3, -0.25) is 9.55 Å². The van der Waals surface area contributed by atoms with Gasteiger partial charge in [0.2, 0.25) is 0 Å². The van der Waals surface area contributed by atoms with Crippen LogP contribution < -0.4 is 0 Å². The predicted molar refractivity (Wildman–Crippen MR) is 82.5 cm³/mol. The average Bonchev–Trinajstić information content (AvgIpc) is 2.87. The normalized spacial score (nSPS) is 12.5. The number of aliphatic carboxylic acids is 1. The van der Waals surface area contributed by atoms with Crippen molar-refractivity contribution in [1.82, 2.24) is 19.5 Å². The molecule has 22 heavy (non-hydrogen) atoms. The van der Waals surface area contributed by atoms with E-state index in [0.29, 0.717) is 23.4 Å². The molecule has 0 aliphatic rings. The number of aromatic nitrogens is 4. The molecule has 0 saturated carbocycles. The monoisotopic (exact) mass is 296 g/mol. The minimum Gasteiger partial charge on any atom is -0.480 e. The van der Waals surface area contributed by atoms with Crippen molar-refractivity contribution in [2.24, 2.45) is 0 Å². The quantitative estimate of drug-likeness (QED) is 0.800. The topological polar surface area (TPSA) is 80.9 Å². The van der Waals surface area contributed by atoms with Gasteiger partial charge < -0.3 is 5.11 Å². The summed E-state index contributed by atoms with van der Waals surface area (Å²) >= 11 is 0. The van der Waals surface area contributed by atoms with Gasteiger partial charge in [0.05, 0.1) is 0 Å². The molecule has 1 N–H and O–H groups in total. The van der Waals surface area contributed by atoms with Gasteiger partial charge in [0.25, 0.3) is 0 Å². The molecule has 0 amide bonds. The SMILES string of the molecule is CCC(C(=O)O)n1c(-c2cccnc2)nc2cc(C)cnc21. The molecular weight excluding hydrogens is 280 g/mol. The van der Waals surface area contributed by atoms with Gasteiger partial charge in [-0.05, 0) is 37.1 Å². The zero-order valence-electron chi connectivity index (χ0n) is 12.4. The molecule has 0 aliphatic carbocycles. The highest BCUT2D eigenvalue weighted by Gasteiger charge is 2.25. The molecule has 0 radical (unpaired) electrons. The Kier molecular flexibility index (Phi) is 3.58. The van der Waals surface area contributed by atoms with Gasteiger partial charge in [0.1, 0.15) is 17.4 Å². The van der Waals surface area contributed by atoms with Crippen molar-refractivity contribution in [2.45, 2.75) is 26.3 Å². The maximum atomic E-state index is 11.6. The molecule has 0 saturated heterocycles. The molecule has 1 atom stereocenters. The van der Waals surface area contributed by atoms with Crippen molar-refractivity contribution in [3.05, 3.63) is 42.4 Å². The highest BCUT2D eigenvalue weighted by molar-refractivity contribution is 5.82. The van der Waals surface area contributed by atoms with E-state index in [1.54, 1.807) is 29.2 Å². The molecule has 3 rings (SSSR count). The standard InChI is InChI=1S/C16H16N4O2/c1-3-13(16(21)22)20-14(11-5-4-6-17-9-11)19-12-7-10(2)8-18-15(12)20/h4-9,13H,3H2,1-2H3,(H,21,22). The molecule has 0 aromatic carbocycles. The van der Waals surface area contributed by atoms with Gasteiger partial charge in [-0.15, -0.1) is 0 Å². The van der Waals surface area contributed by atoms with E-state index >= 15 is 0 Å². The first kappa shape index (κ1) is 14.2. The molecule has 3 aromatic rings. The summed E-state index contributed by atoms with van der Waals surface area (Å²) in [7, 11) is 0. The lowest BCUT2D eigenvalue weighted by molar-refractivity contribution is -0.140. The summed E-state index contributed by atoms with van der Waals surface area (Å²) in [6.07, 6.45) is 5.53. The summed E-state index contributed by atoms with van der Waals surface area (Å²) in [6, 6.07) is 4.87. The number of pyridine rings is 2. The van der Waals surface area contributed by atoms with Crippen molar-refractivity contribution in [3.8, 4) is 11.4 Å². The first-order valence-electron chi connectivity index (χ1n) is 7.09. The van der Waals surface area contributed by atoms with Gasteiger partial charge in [-0.1, -0.05) is 6.92 Å². The lowest BCUT2D eigenvalue weighted by Crippen LogP contribution is -2.19. The van der Waals surface area contributed by atoms with Crippen molar-refractivity contribution < 1.29 is 9.90 Å². The van der Waals surface area contributed by atoms with E-state index in [9.17, 15) is 9.90 Å². The third kappa shape index (κ3) is 2.32. The van der Waals surface area contributed by atoms with Gasteiger partial charge in [-0.25, -0.2) is 14.8 Å². The Morgan fingerprint density at radius 2 is 2.23 bits per heavy atom. The molecule has 6 heteroatoms. The number of carbonyl (C=O) groups is 1. The van der Waals surface area contributed by atoms with Crippen LogP contribution >= 0.6 is 0 Å². The fourth-order valence-electron chi connectivity index (χ4n) is 2.54. The fourth-order valence-corrected chi connectivity index (χ4v) is 2.54. The first-order chi connectivity index (χ1) is 10.6. The van der Waals surface area contributed by atoms with Crippen LogP contribution in [0.3, 0.4) is 0 Å². The average molecular weight is 296 g/mol. The molecule has 0 bridgehead atoms. The largest absolute Gasteiger partial charge is 0.480 e. The predicted octanol–water partition coefficient (Wildman–Crippen LogP) is 2.84. The number of aryl methyl sites for hydroxylation is 1. The Labute approximate surface area is 127 Å². The van der Waals surface area contributed by atoms with E-state index in [-0.39, 0.29) is 0 Å². The zero-order valence-corrected chi connectivity index (χ0v) is 12.4. The highest BCUT2D eigenvalue weighted by Crippen LogP contribution is 2.28. The van der Waals surface area contributed by atoms with Crippen LogP contribution in [0.1, 0.15) is 24.9 Å². The molecule has 6 nitrogen and oxygen atoms in total. The second kappa shape index (κ2) is 5.55. The van der Waals surface area contributed by atoms with Crippen molar-refractivity contribution in [2.75, 3.05) is 0 Å². The van der Waals surface area contributed by atoms with Gasteiger partial charge in [0, 0.05) is 24.2 Å². The molecule has 0 fully saturated rings. The lowest BCUT2D eigenvalue weighted by Gasteiger charge is -2.15. The Bertz CT molecular complexity index is 827. The summed E-state index contributed by atoms with van der Waals surface area (Å²) in [4.78, 5) is 24.7. The maximum Gasteiger partial charge on any atom is 0.326 e. The second-order valence-electron chi connectivity index (χ2n) is 5.16. The number of carboxylic acid groups (broad SMARTS) is 1. The summed E-state index contributed by atoms with van der Waals surface area (Å²) in [5.41, 5.74) is 3.04. The van der Waals surface area contributed by atoms with Crippen LogP contribution in [-0.2, 0) is 4.79 Å². The van der Waals surface area contributed by atoms with E-state index in [1.165, 1.54) is 0 Å². The van der Waals surface area contributed by atoms with Crippen LogP contribution in [0.25, 0.3) is 22.6 Å². The van der Waals surface area contributed by atoms with E-state index in [1.807, 2.05) is 26.0 Å². The number of rotatable bonds is 4. The smallest absolute Gasteiger partial charge is 0.326 e. The fraction of sp³-hybridized carbons (Fsp3) is 0.250. The van der Waals surface area contributed by atoms with Crippen LogP contribution in [0.15, 0.2) is 36.8 Å². The van der Waals surface area contributed by atoms with Crippen LogP contribution in [-0.4, -0.2) is 30.6 Å². The minimum atomic E-state index is -0.894. The highest BCUT2D eigenvalue weighted by atomic mass is 16.4. The number of fused-ring (bicyclic) bond motifs is 1. The number of carboxylic acids is 1. The van der Waals surface area contributed by atoms with Crippen molar-refractivity contribution in [3.63, 3.8) is 0 Å². The Morgan fingerprint density at radius 1 is 1.41 bits per heavy atom. The molecule has 3 aromatic heterocycles. The van der Waals surface area contributed by atoms with Crippen LogP contribution in [0.5, 0.6) is 0 Å². The molecule has 0 spiro atoms. The molecule has 1 unspecified atom stereocenters. The second-order valence-corrected chi connectivity index (χ2v) is 5.16. The summed E-state index contributed by atoms with van der Waals surface area (Å²) in [5, 5.41) is 9.54. The van der Waals surface area contributed by atoms with E-state index in [0.717, 1.165) is 11.1 Å². The molecule has 0 aliphatic heterocycles. The van der Waals surface area contributed by atoms with Gasteiger partial charge in [0.15, 0.2) is 5.65 Å². The number of hydrogen-bond donors (Lipinski definition) is 1.